The van der Waals surface area contributed by atoms with Crippen molar-refractivity contribution in [2.24, 2.45) is 0 Å². The first-order chi connectivity index (χ1) is 14.8. The van der Waals surface area contributed by atoms with E-state index in [0.717, 1.165) is 22.2 Å². The second kappa shape index (κ2) is 10.0. The van der Waals surface area contributed by atoms with Gasteiger partial charge in [0.1, 0.15) is 6.54 Å². The Labute approximate surface area is 192 Å². The number of nitrogens with zero attached hydrogens (tertiary/aromatic N) is 1. The predicted molar refractivity (Wildman–Crippen MR) is 124 cm³/mol. The number of nitrogens with one attached hydrogen (secondary N) is 1. The first kappa shape index (κ1) is 22.9. The van der Waals surface area contributed by atoms with Crippen molar-refractivity contribution in [2.45, 2.75) is 13.8 Å². The minimum absolute atomic E-state index is 0.229. The maximum absolute atomic E-state index is 12.8. The fourth-order valence-electron chi connectivity index (χ4n) is 2.94. The summed E-state index contributed by atoms with van der Waals surface area (Å²) in [5.74, 6) is 0.102. The third-order valence-corrected chi connectivity index (χ3v) is 5.93. The van der Waals surface area contributed by atoms with Crippen LogP contribution in [-0.4, -0.2) is 42.2 Å². The topological polar surface area (TPSA) is 84.9 Å². The van der Waals surface area contributed by atoms with Crippen molar-refractivity contribution in [1.29, 1.82) is 0 Å². The highest BCUT2D eigenvalue weighted by Crippen LogP contribution is 2.39. The van der Waals surface area contributed by atoms with Gasteiger partial charge < -0.3 is 14.8 Å². The Bertz CT molecular complexity index is 1070. The smallest absolute Gasteiger partial charge is 0.294 e. The van der Waals surface area contributed by atoms with Gasteiger partial charge in [0.15, 0.2) is 11.5 Å². The van der Waals surface area contributed by atoms with Gasteiger partial charge in [-0.05, 0) is 76.9 Å². The van der Waals surface area contributed by atoms with E-state index in [0.29, 0.717) is 33.8 Å². The summed E-state index contributed by atoms with van der Waals surface area (Å²) in [7, 11) is 1.52. The van der Waals surface area contributed by atoms with E-state index in [9.17, 15) is 14.4 Å². The number of carbonyl (C=O) groups excluding carboxylic acids is 3. The molecule has 9 heteroatoms. The molecule has 1 fully saturated rings. The number of thioether (sulfide) groups is 1. The summed E-state index contributed by atoms with van der Waals surface area (Å²) in [4.78, 5) is 38.7. The van der Waals surface area contributed by atoms with Gasteiger partial charge in [0.25, 0.3) is 11.1 Å². The van der Waals surface area contributed by atoms with E-state index in [1.54, 1.807) is 30.3 Å². The highest BCUT2D eigenvalue weighted by Gasteiger charge is 2.36. The van der Waals surface area contributed by atoms with Crippen LogP contribution in [0.4, 0.5) is 10.5 Å². The first-order valence-corrected chi connectivity index (χ1v) is 11.1. The van der Waals surface area contributed by atoms with Gasteiger partial charge in [0.2, 0.25) is 5.91 Å². The lowest BCUT2D eigenvalue weighted by Crippen LogP contribution is -2.36. The lowest BCUT2D eigenvalue weighted by atomic mass is 10.2. The first-order valence-electron chi connectivity index (χ1n) is 9.45. The number of para-hydroxylation sites is 1. The van der Waals surface area contributed by atoms with Gasteiger partial charge in [-0.3, -0.25) is 19.3 Å². The Balaban J connectivity index is 1.77. The fraction of sp³-hybridized carbons (Fsp3) is 0.227. The number of hydrogen-bond acceptors (Lipinski definition) is 6. The number of halogens is 1. The summed E-state index contributed by atoms with van der Waals surface area (Å²) in [5, 5.41) is 2.24. The van der Waals surface area contributed by atoms with Crippen molar-refractivity contribution in [3.05, 3.63) is 56.9 Å². The molecule has 2 aromatic carbocycles. The number of anilines is 1. The molecule has 0 unspecified atom stereocenters. The second-order valence-electron chi connectivity index (χ2n) is 6.60. The number of hydrogen-bond donors (Lipinski definition) is 1. The van der Waals surface area contributed by atoms with E-state index in [2.05, 4.69) is 21.2 Å². The molecule has 1 N–H and O–H groups in total. The molecule has 0 atom stereocenters. The number of imide groups is 1. The van der Waals surface area contributed by atoms with Crippen LogP contribution in [0.1, 0.15) is 18.1 Å². The average molecular weight is 505 g/mol. The van der Waals surface area contributed by atoms with Crippen molar-refractivity contribution in [3.8, 4) is 11.5 Å². The Kier molecular flexibility index (Phi) is 7.40. The molecule has 0 aliphatic carbocycles. The van der Waals surface area contributed by atoms with Crippen molar-refractivity contribution in [2.75, 3.05) is 25.6 Å². The molecule has 162 valence electrons. The molecule has 7 nitrogen and oxygen atoms in total. The maximum atomic E-state index is 12.8. The van der Waals surface area contributed by atoms with Crippen molar-refractivity contribution in [3.63, 3.8) is 0 Å². The van der Waals surface area contributed by atoms with Crippen LogP contribution in [0.3, 0.4) is 0 Å². The van der Waals surface area contributed by atoms with Gasteiger partial charge in [-0.15, -0.1) is 0 Å². The van der Waals surface area contributed by atoms with Crippen LogP contribution >= 0.6 is 27.7 Å². The molecule has 2 aromatic rings. The molecule has 1 heterocycles. The van der Waals surface area contributed by atoms with E-state index < -0.39 is 17.1 Å². The summed E-state index contributed by atoms with van der Waals surface area (Å²) >= 11 is 4.23. The minimum Gasteiger partial charge on any atom is -0.493 e. The zero-order valence-electron chi connectivity index (χ0n) is 17.2. The number of ether oxygens (including phenoxy) is 2. The number of carbonyl (C=O) groups is 3. The van der Waals surface area contributed by atoms with Crippen LogP contribution < -0.4 is 14.8 Å². The predicted octanol–water partition coefficient (Wildman–Crippen LogP) is 4.84. The lowest BCUT2D eigenvalue weighted by Gasteiger charge is -2.13. The SMILES string of the molecule is CCOc1c(Br)cc(/C=C2/SC(=O)N(CC(=O)Nc3ccccc3C)C2=O)cc1OC. The van der Waals surface area contributed by atoms with Gasteiger partial charge in [-0.2, -0.15) is 0 Å². The van der Waals surface area contributed by atoms with Gasteiger partial charge in [0, 0.05) is 5.69 Å². The van der Waals surface area contributed by atoms with E-state index in [1.165, 1.54) is 7.11 Å². The van der Waals surface area contributed by atoms with Crippen LogP contribution in [0.15, 0.2) is 45.8 Å². The Hall–Kier alpha value is -2.78. The molecular formula is C22H21BrN2O5S. The lowest BCUT2D eigenvalue weighted by molar-refractivity contribution is -0.127. The standard InChI is InChI=1S/C22H21BrN2O5S/c1-4-30-20-15(23)9-14(10-17(20)29-3)11-18-21(27)25(22(28)31-18)12-19(26)24-16-8-6-5-7-13(16)2/h5-11H,4,12H2,1-3H3,(H,24,26)/b18-11+. The molecule has 0 saturated carbocycles. The summed E-state index contributed by atoms with van der Waals surface area (Å²) in [5.41, 5.74) is 2.18. The molecule has 1 aliphatic rings. The Morgan fingerprint density at radius 2 is 2.00 bits per heavy atom. The van der Waals surface area contributed by atoms with Gasteiger partial charge in [-0.1, -0.05) is 18.2 Å². The third kappa shape index (κ3) is 5.29. The van der Waals surface area contributed by atoms with Crippen LogP contribution in [0, 0.1) is 6.92 Å². The number of amides is 3. The quantitative estimate of drug-likeness (QED) is 0.543. The number of aryl methyl sites for hydroxylation is 1. The van der Waals surface area contributed by atoms with Crippen LogP contribution in [0.25, 0.3) is 6.08 Å². The van der Waals surface area contributed by atoms with E-state index in [4.69, 9.17) is 9.47 Å². The Morgan fingerprint density at radius 3 is 2.68 bits per heavy atom. The molecular weight excluding hydrogens is 484 g/mol. The molecule has 0 aromatic heterocycles. The molecule has 0 spiro atoms. The number of rotatable bonds is 7. The highest BCUT2D eigenvalue weighted by molar-refractivity contribution is 9.10. The van der Waals surface area contributed by atoms with E-state index >= 15 is 0 Å². The summed E-state index contributed by atoms with van der Waals surface area (Å²) in [6, 6.07) is 10.8. The summed E-state index contributed by atoms with van der Waals surface area (Å²) < 4.78 is 11.6. The monoisotopic (exact) mass is 504 g/mol. The minimum atomic E-state index is -0.515. The zero-order chi connectivity index (χ0) is 22.5. The van der Waals surface area contributed by atoms with Gasteiger partial charge >= 0.3 is 0 Å². The summed E-state index contributed by atoms with van der Waals surface area (Å²) in [6.07, 6.45) is 1.59. The number of methoxy groups -OCH3 is 1. The second-order valence-corrected chi connectivity index (χ2v) is 8.45. The van der Waals surface area contributed by atoms with Gasteiger partial charge in [-0.25, -0.2) is 0 Å². The number of benzene rings is 2. The largest absolute Gasteiger partial charge is 0.493 e. The third-order valence-electron chi connectivity index (χ3n) is 4.43. The average Bonchev–Trinajstić information content (AvgIpc) is 2.98. The van der Waals surface area contributed by atoms with Gasteiger partial charge in [0.05, 0.1) is 23.1 Å². The molecule has 31 heavy (non-hydrogen) atoms. The molecule has 3 rings (SSSR count). The normalized spacial score (nSPS) is 14.8. The van der Waals surface area contributed by atoms with Crippen LogP contribution in [0.2, 0.25) is 0 Å². The highest BCUT2D eigenvalue weighted by atomic mass is 79.9. The van der Waals surface area contributed by atoms with Crippen LogP contribution in [-0.2, 0) is 9.59 Å². The van der Waals surface area contributed by atoms with Crippen molar-refractivity contribution in [1.82, 2.24) is 4.90 Å². The molecule has 3 amide bonds. The maximum Gasteiger partial charge on any atom is 0.294 e. The van der Waals surface area contributed by atoms with E-state index in [-0.39, 0.29) is 11.4 Å². The molecule has 0 radical (unpaired) electrons. The van der Waals surface area contributed by atoms with Crippen molar-refractivity contribution >= 4 is 56.5 Å². The molecule has 1 saturated heterocycles. The van der Waals surface area contributed by atoms with E-state index in [1.807, 2.05) is 26.0 Å². The fourth-order valence-corrected chi connectivity index (χ4v) is 4.35. The summed E-state index contributed by atoms with van der Waals surface area (Å²) in [6.45, 7) is 3.84. The molecule has 0 bridgehead atoms. The van der Waals surface area contributed by atoms with Crippen LogP contribution in [0.5, 0.6) is 11.5 Å². The Morgan fingerprint density at radius 1 is 1.26 bits per heavy atom. The van der Waals surface area contributed by atoms with Crippen molar-refractivity contribution < 1.29 is 23.9 Å². The molecule has 1 aliphatic heterocycles. The zero-order valence-corrected chi connectivity index (χ0v) is 19.6.